The highest BCUT2D eigenvalue weighted by molar-refractivity contribution is 5.69. The molecule has 3 rings (SSSR count). The average molecular weight is 256 g/mol. The number of amides is 1. The summed E-state index contributed by atoms with van der Waals surface area (Å²) >= 11 is 0. The Morgan fingerprint density at radius 2 is 2.22 bits per heavy atom. The van der Waals surface area contributed by atoms with E-state index in [1.807, 2.05) is 27.8 Å². The molecule has 2 saturated heterocycles. The maximum absolute atomic E-state index is 12.0. The first-order valence-corrected chi connectivity index (χ1v) is 6.66. The molecule has 2 N–H and O–H groups in total. The van der Waals surface area contributed by atoms with Crippen LogP contribution in [-0.2, 0) is 4.74 Å². The molecule has 18 heavy (non-hydrogen) atoms. The van der Waals surface area contributed by atoms with Crippen LogP contribution in [0.5, 0.6) is 0 Å². The largest absolute Gasteiger partial charge is 0.444 e. The zero-order chi connectivity index (χ0) is 13.5. The lowest BCUT2D eigenvalue weighted by Crippen LogP contribution is -2.50. The van der Waals surface area contributed by atoms with Crippen molar-refractivity contribution in [1.82, 2.24) is 10.2 Å². The number of hydrogen-bond acceptors (Lipinski definition) is 4. The normalized spacial score (nSPS) is 32.1. The predicted molar refractivity (Wildman–Crippen MR) is 68.3 cm³/mol. The van der Waals surface area contributed by atoms with E-state index in [0.29, 0.717) is 12.5 Å². The Balaban J connectivity index is 1.93. The van der Waals surface area contributed by atoms with Crippen LogP contribution in [0.1, 0.15) is 27.2 Å². The molecule has 1 aliphatic carbocycles. The number of aliphatic hydroxyl groups excluding tert-OH is 1. The van der Waals surface area contributed by atoms with Gasteiger partial charge in [0.1, 0.15) is 5.60 Å². The van der Waals surface area contributed by atoms with Crippen molar-refractivity contribution in [3.63, 3.8) is 0 Å². The number of rotatable bonds is 3. The third-order valence-electron chi connectivity index (χ3n) is 3.85. The molecule has 2 unspecified atom stereocenters. The van der Waals surface area contributed by atoms with Crippen LogP contribution in [0.3, 0.4) is 0 Å². The first-order chi connectivity index (χ1) is 8.33. The van der Waals surface area contributed by atoms with Gasteiger partial charge in [-0.15, -0.1) is 0 Å². The van der Waals surface area contributed by atoms with Crippen molar-refractivity contribution in [2.45, 2.75) is 44.9 Å². The number of nitrogens with zero attached hydrogens (tertiary/aromatic N) is 1. The van der Waals surface area contributed by atoms with E-state index >= 15 is 0 Å². The molecule has 0 spiro atoms. The van der Waals surface area contributed by atoms with Crippen molar-refractivity contribution < 1.29 is 14.6 Å². The zero-order valence-corrected chi connectivity index (χ0v) is 11.6. The number of likely N-dealkylation sites (N-methyl/N-ethyl adjacent to an activating group) is 1. The molecule has 1 saturated carbocycles. The molecule has 104 valence electrons. The molecule has 2 bridgehead atoms. The minimum absolute atomic E-state index is 0.160. The van der Waals surface area contributed by atoms with Gasteiger partial charge in [0.2, 0.25) is 0 Å². The molecule has 0 aromatic rings. The first kappa shape index (κ1) is 13.6. The van der Waals surface area contributed by atoms with E-state index in [9.17, 15) is 9.90 Å². The summed E-state index contributed by atoms with van der Waals surface area (Å²) in [5, 5.41) is 13.0. The highest BCUT2D eigenvalue weighted by Gasteiger charge is 2.56. The van der Waals surface area contributed by atoms with Gasteiger partial charge in [-0.3, -0.25) is 0 Å². The van der Waals surface area contributed by atoms with E-state index in [0.717, 1.165) is 13.0 Å². The van der Waals surface area contributed by atoms with E-state index < -0.39 is 5.60 Å². The Morgan fingerprint density at radius 1 is 1.56 bits per heavy atom. The maximum atomic E-state index is 12.0. The van der Waals surface area contributed by atoms with Gasteiger partial charge in [0.15, 0.2) is 0 Å². The molecule has 5 nitrogen and oxygen atoms in total. The van der Waals surface area contributed by atoms with Crippen LogP contribution in [0.25, 0.3) is 0 Å². The summed E-state index contributed by atoms with van der Waals surface area (Å²) in [7, 11) is 1.83. The molecule has 5 heteroatoms. The highest BCUT2D eigenvalue weighted by Crippen LogP contribution is 2.48. The van der Waals surface area contributed by atoms with Gasteiger partial charge in [-0.1, -0.05) is 0 Å². The van der Waals surface area contributed by atoms with Crippen LogP contribution >= 0.6 is 0 Å². The van der Waals surface area contributed by atoms with Crippen LogP contribution in [0.4, 0.5) is 4.79 Å². The van der Waals surface area contributed by atoms with E-state index in [1.165, 1.54) is 0 Å². The van der Waals surface area contributed by atoms with Crippen LogP contribution in [-0.4, -0.2) is 54.0 Å². The monoisotopic (exact) mass is 256 g/mol. The van der Waals surface area contributed by atoms with E-state index in [4.69, 9.17) is 4.74 Å². The molecule has 2 aliphatic heterocycles. The van der Waals surface area contributed by atoms with E-state index in [1.54, 1.807) is 4.90 Å². The number of aliphatic hydroxyl groups is 1. The Hall–Kier alpha value is -0.810. The van der Waals surface area contributed by atoms with Crippen molar-refractivity contribution in [3.8, 4) is 0 Å². The third kappa shape index (κ3) is 2.47. The molecular weight excluding hydrogens is 232 g/mol. The summed E-state index contributed by atoms with van der Waals surface area (Å²) in [5.74, 6) is 0.649. The molecule has 3 fully saturated rings. The lowest BCUT2D eigenvalue weighted by Gasteiger charge is -2.39. The second-order valence-electron chi connectivity index (χ2n) is 6.40. The van der Waals surface area contributed by atoms with E-state index in [2.05, 4.69) is 5.32 Å². The molecule has 2 heterocycles. The standard InChI is InChI=1S/C13H24N2O3/c1-13(2,3)18-12(17)15-7-8-5-9(15)11(8)10(16)6-14-4/h8-11,14,16H,5-7H2,1-4H3/t8-,9-,10?,11?/m0/s1. The van der Waals surface area contributed by atoms with Gasteiger partial charge in [0, 0.05) is 25.0 Å². The number of carbonyl (C=O) groups excluding carboxylic acids is 1. The van der Waals surface area contributed by atoms with Gasteiger partial charge in [-0.25, -0.2) is 4.79 Å². The second kappa shape index (κ2) is 4.70. The summed E-state index contributed by atoms with van der Waals surface area (Å²) in [6, 6.07) is 0.160. The fourth-order valence-electron chi connectivity index (χ4n) is 3.11. The highest BCUT2D eigenvalue weighted by atomic mass is 16.6. The zero-order valence-electron chi connectivity index (χ0n) is 11.6. The van der Waals surface area contributed by atoms with Crippen molar-refractivity contribution in [2.24, 2.45) is 11.8 Å². The summed E-state index contributed by atoms with van der Waals surface area (Å²) in [5.41, 5.74) is -0.455. The van der Waals surface area contributed by atoms with Crippen LogP contribution < -0.4 is 5.32 Å². The summed E-state index contributed by atoms with van der Waals surface area (Å²) in [6.07, 6.45) is 0.394. The molecule has 0 aromatic heterocycles. The fourth-order valence-corrected chi connectivity index (χ4v) is 3.11. The van der Waals surface area contributed by atoms with Gasteiger partial charge >= 0.3 is 6.09 Å². The summed E-state index contributed by atoms with van der Waals surface area (Å²) in [4.78, 5) is 13.8. The molecule has 3 aliphatic rings. The SMILES string of the molecule is CNCC(O)C1[C@H]2C[C@@H]1N(C(=O)OC(C)(C)C)C2. The van der Waals surface area contributed by atoms with Gasteiger partial charge in [-0.05, 0) is 40.2 Å². The first-order valence-electron chi connectivity index (χ1n) is 6.66. The second-order valence-corrected chi connectivity index (χ2v) is 6.40. The van der Waals surface area contributed by atoms with Crippen LogP contribution in [0.2, 0.25) is 0 Å². The average Bonchev–Trinajstić information content (AvgIpc) is 2.71. The number of fused-ring (bicyclic) bond motifs is 1. The number of carbonyl (C=O) groups is 1. The minimum Gasteiger partial charge on any atom is -0.444 e. The van der Waals surface area contributed by atoms with Crippen molar-refractivity contribution in [3.05, 3.63) is 0 Å². The molecular formula is C13H24N2O3. The number of ether oxygens (including phenoxy) is 1. The van der Waals surface area contributed by atoms with Gasteiger partial charge in [0.05, 0.1) is 6.10 Å². The summed E-state index contributed by atoms with van der Waals surface area (Å²) < 4.78 is 5.40. The number of hydrogen-bond donors (Lipinski definition) is 2. The predicted octanol–water partition coefficient (Wildman–Crippen LogP) is 0.822. The lowest BCUT2D eigenvalue weighted by molar-refractivity contribution is -0.00372. The van der Waals surface area contributed by atoms with Gasteiger partial charge < -0.3 is 20.1 Å². The summed E-state index contributed by atoms with van der Waals surface area (Å²) in [6.45, 7) is 6.93. The number of nitrogens with one attached hydrogen (secondary N) is 1. The minimum atomic E-state index is -0.455. The van der Waals surface area contributed by atoms with Crippen LogP contribution in [0, 0.1) is 11.8 Å². The van der Waals surface area contributed by atoms with E-state index in [-0.39, 0.29) is 24.2 Å². The van der Waals surface area contributed by atoms with Gasteiger partial charge in [-0.2, -0.15) is 0 Å². The molecule has 4 atom stereocenters. The molecule has 0 radical (unpaired) electrons. The Morgan fingerprint density at radius 3 is 2.78 bits per heavy atom. The Bertz CT molecular complexity index is 327. The topological polar surface area (TPSA) is 61.8 Å². The maximum Gasteiger partial charge on any atom is 0.410 e. The van der Waals surface area contributed by atoms with Crippen molar-refractivity contribution in [1.29, 1.82) is 0 Å². The quantitative estimate of drug-likeness (QED) is 0.785. The Kier molecular flexibility index (Phi) is 3.56. The Labute approximate surface area is 108 Å². The van der Waals surface area contributed by atoms with Crippen molar-refractivity contribution >= 4 is 6.09 Å². The van der Waals surface area contributed by atoms with Gasteiger partial charge in [0.25, 0.3) is 0 Å². The fraction of sp³-hybridized carbons (Fsp3) is 0.923. The lowest BCUT2D eigenvalue weighted by atomic mass is 9.70. The third-order valence-corrected chi connectivity index (χ3v) is 3.85. The molecule has 1 amide bonds. The molecule has 0 aromatic carbocycles. The van der Waals surface area contributed by atoms with Crippen LogP contribution in [0.15, 0.2) is 0 Å². The smallest absolute Gasteiger partial charge is 0.410 e. The van der Waals surface area contributed by atoms with Crippen molar-refractivity contribution in [2.75, 3.05) is 20.1 Å².